The van der Waals surface area contributed by atoms with Crippen LogP contribution in [0.15, 0.2) is 68.5 Å². The highest BCUT2D eigenvalue weighted by atomic mass is 35.5. The highest BCUT2D eigenvalue weighted by Crippen LogP contribution is 2.32. The van der Waals surface area contributed by atoms with Gasteiger partial charge < -0.3 is 5.32 Å². The number of amides is 1. The van der Waals surface area contributed by atoms with Crippen LogP contribution < -0.4 is 5.32 Å². The number of amidine groups is 1. The molecule has 0 bridgehead atoms. The van der Waals surface area contributed by atoms with Crippen LogP contribution in [0.3, 0.4) is 0 Å². The molecule has 0 unspecified atom stereocenters. The van der Waals surface area contributed by atoms with Crippen molar-refractivity contribution in [1.29, 1.82) is 0 Å². The second kappa shape index (κ2) is 7.68. The van der Waals surface area contributed by atoms with Crippen molar-refractivity contribution in [2.24, 2.45) is 10.2 Å². The third-order valence-electron chi connectivity index (χ3n) is 2.89. The predicted molar refractivity (Wildman–Crippen MR) is 97.6 cm³/mol. The largest absolute Gasteiger partial charge is 0.303 e. The molecule has 0 aliphatic carbocycles. The molecule has 1 saturated heterocycles. The number of carbonyl (C=O) groups is 1. The van der Waals surface area contributed by atoms with Crippen LogP contribution in [0.5, 0.6) is 0 Å². The number of thioether (sulfide) groups is 1. The van der Waals surface area contributed by atoms with Crippen molar-refractivity contribution in [3.05, 3.63) is 59.1 Å². The molecule has 1 aliphatic heterocycles. The molecule has 0 aromatic heterocycles. The number of rotatable bonds is 4. The van der Waals surface area contributed by atoms with Gasteiger partial charge in [0.15, 0.2) is 5.17 Å². The summed E-state index contributed by atoms with van der Waals surface area (Å²) in [7, 11) is 0. The summed E-state index contributed by atoms with van der Waals surface area (Å²) in [4.78, 5) is 13.1. The van der Waals surface area contributed by atoms with Gasteiger partial charge >= 0.3 is 0 Å². The molecule has 0 saturated carbocycles. The Balaban J connectivity index is 1.63. The van der Waals surface area contributed by atoms with Gasteiger partial charge in [-0.25, -0.2) is 0 Å². The monoisotopic (exact) mass is 361 g/mol. The van der Waals surface area contributed by atoms with E-state index in [1.54, 1.807) is 18.0 Å². The Morgan fingerprint density at radius 3 is 2.65 bits per heavy atom. The summed E-state index contributed by atoms with van der Waals surface area (Å²) >= 11 is 9.12. The fourth-order valence-corrected chi connectivity index (χ4v) is 3.52. The van der Waals surface area contributed by atoms with Crippen LogP contribution in [-0.2, 0) is 4.79 Å². The molecule has 1 N–H and O–H groups in total. The van der Waals surface area contributed by atoms with E-state index in [1.807, 2.05) is 48.5 Å². The molecule has 1 fully saturated rings. The van der Waals surface area contributed by atoms with E-state index in [2.05, 4.69) is 15.5 Å². The Hall–Kier alpha value is -1.76. The summed E-state index contributed by atoms with van der Waals surface area (Å²) in [5.41, 5.74) is 0.937. The quantitative estimate of drug-likeness (QED) is 0.660. The first-order valence-corrected chi connectivity index (χ1v) is 8.95. The molecule has 1 heterocycles. The predicted octanol–water partition coefficient (Wildman–Crippen LogP) is 4.04. The van der Waals surface area contributed by atoms with E-state index in [9.17, 15) is 4.79 Å². The van der Waals surface area contributed by atoms with Crippen LogP contribution in [0.4, 0.5) is 0 Å². The van der Waals surface area contributed by atoms with E-state index >= 15 is 0 Å². The summed E-state index contributed by atoms with van der Waals surface area (Å²) in [5.74, 6) is 0.368. The highest BCUT2D eigenvalue weighted by Gasteiger charge is 2.15. The normalized spacial score (nSPS) is 16.2. The number of benzene rings is 2. The average Bonchev–Trinajstić information content (AvgIpc) is 2.97. The fraction of sp³-hybridized carbons (Fsp3) is 0.0625. The lowest BCUT2D eigenvalue weighted by Gasteiger charge is -2.03. The van der Waals surface area contributed by atoms with Crippen molar-refractivity contribution in [2.75, 3.05) is 5.75 Å². The van der Waals surface area contributed by atoms with Crippen molar-refractivity contribution >= 4 is 52.4 Å². The maximum absolute atomic E-state index is 11.0. The first-order valence-electron chi connectivity index (χ1n) is 6.77. The zero-order valence-electron chi connectivity index (χ0n) is 11.9. The van der Waals surface area contributed by atoms with E-state index < -0.39 is 0 Å². The number of carbonyl (C=O) groups excluding carboxylic acids is 1. The van der Waals surface area contributed by atoms with Gasteiger partial charge in [-0.3, -0.25) is 4.79 Å². The first-order chi connectivity index (χ1) is 11.2. The highest BCUT2D eigenvalue weighted by molar-refractivity contribution is 8.15. The number of halogens is 1. The third kappa shape index (κ3) is 4.60. The van der Waals surface area contributed by atoms with E-state index in [0.717, 1.165) is 20.4 Å². The molecule has 0 radical (unpaired) electrons. The molecular weight excluding hydrogens is 350 g/mol. The summed E-state index contributed by atoms with van der Waals surface area (Å²) in [5, 5.41) is 11.9. The Bertz CT molecular complexity index is 775. The topological polar surface area (TPSA) is 53.8 Å². The zero-order valence-corrected chi connectivity index (χ0v) is 14.3. The first kappa shape index (κ1) is 16.1. The minimum atomic E-state index is -0.0371. The lowest BCUT2D eigenvalue weighted by atomic mass is 10.2. The standard InChI is InChI=1S/C16H12ClN3OS2/c17-13-3-1-2-4-14(13)23-12-7-5-11(6-8-12)9-18-20-16-19-15(21)10-22-16/h1-9H,10H2,(H,19,20,21). The maximum Gasteiger partial charge on any atom is 0.236 e. The smallest absolute Gasteiger partial charge is 0.236 e. The van der Waals surface area contributed by atoms with Crippen LogP contribution in [0.2, 0.25) is 5.02 Å². The van der Waals surface area contributed by atoms with Crippen molar-refractivity contribution in [3.63, 3.8) is 0 Å². The number of hydrogen-bond acceptors (Lipinski definition) is 5. The molecule has 0 atom stereocenters. The van der Waals surface area contributed by atoms with Gasteiger partial charge in [0.05, 0.1) is 17.0 Å². The van der Waals surface area contributed by atoms with Gasteiger partial charge in [-0.05, 0) is 29.8 Å². The molecule has 3 rings (SSSR count). The molecule has 1 aliphatic rings. The lowest BCUT2D eigenvalue weighted by Crippen LogP contribution is -2.19. The molecular formula is C16H12ClN3OS2. The van der Waals surface area contributed by atoms with Gasteiger partial charge in [-0.2, -0.15) is 5.10 Å². The van der Waals surface area contributed by atoms with Gasteiger partial charge in [-0.1, -0.05) is 59.4 Å². The van der Waals surface area contributed by atoms with Crippen molar-refractivity contribution < 1.29 is 4.79 Å². The van der Waals surface area contributed by atoms with Crippen LogP contribution in [0.25, 0.3) is 0 Å². The van der Waals surface area contributed by atoms with Crippen LogP contribution in [0.1, 0.15) is 5.56 Å². The molecule has 7 heteroatoms. The maximum atomic E-state index is 11.0. The van der Waals surface area contributed by atoms with Gasteiger partial charge in [0.1, 0.15) is 0 Å². The van der Waals surface area contributed by atoms with Gasteiger partial charge in [0, 0.05) is 9.79 Å². The van der Waals surface area contributed by atoms with Crippen molar-refractivity contribution in [1.82, 2.24) is 5.32 Å². The van der Waals surface area contributed by atoms with Gasteiger partial charge in [0.2, 0.25) is 5.91 Å². The van der Waals surface area contributed by atoms with E-state index in [1.165, 1.54) is 11.8 Å². The Kier molecular flexibility index (Phi) is 5.38. The molecule has 2 aromatic carbocycles. The Labute approximate surface area is 147 Å². The van der Waals surface area contributed by atoms with Gasteiger partial charge in [-0.15, -0.1) is 5.10 Å². The van der Waals surface area contributed by atoms with Crippen LogP contribution in [0, 0.1) is 0 Å². The minimum absolute atomic E-state index is 0.0371. The molecule has 4 nitrogen and oxygen atoms in total. The van der Waals surface area contributed by atoms with E-state index in [0.29, 0.717) is 10.9 Å². The molecule has 116 valence electrons. The minimum Gasteiger partial charge on any atom is -0.303 e. The second-order valence-corrected chi connectivity index (χ2v) is 7.07. The van der Waals surface area contributed by atoms with Crippen LogP contribution >= 0.6 is 35.1 Å². The molecule has 1 amide bonds. The second-order valence-electron chi connectivity index (χ2n) is 4.59. The third-order valence-corrected chi connectivity index (χ3v) is 5.28. The number of hydrogen-bond donors (Lipinski definition) is 1. The molecule has 2 aromatic rings. The summed E-state index contributed by atoms with van der Waals surface area (Å²) in [6, 6.07) is 15.7. The number of nitrogens with zero attached hydrogens (tertiary/aromatic N) is 2. The average molecular weight is 362 g/mol. The Morgan fingerprint density at radius 2 is 1.96 bits per heavy atom. The number of nitrogens with one attached hydrogen (secondary N) is 1. The lowest BCUT2D eigenvalue weighted by molar-refractivity contribution is -0.116. The van der Waals surface area contributed by atoms with E-state index in [4.69, 9.17) is 11.6 Å². The zero-order chi connectivity index (χ0) is 16.1. The molecule has 23 heavy (non-hydrogen) atoms. The summed E-state index contributed by atoms with van der Waals surface area (Å²) in [6.45, 7) is 0. The van der Waals surface area contributed by atoms with Crippen LogP contribution in [-0.4, -0.2) is 23.0 Å². The Morgan fingerprint density at radius 1 is 1.17 bits per heavy atom. The van der Waals surface area contributed by atoms with Crippen molar-refractivity contribution in [3.8, 4) is 0 Å². The SMILES string of the molecule is O=C1CSC(=NN=Cc2ccc(Sc3ccccc3Cl)cc2)N1. The van der Waals surface area contributed by atoms with Gasteiger partial charge in [0.25, 0.3) is 0 Å². The van der Waals surface area contributed by atoms with E-state index in [-0.39, 0.29) is 5.91 Å². The fourth-order valence-electron chi connectivity index (χ4n) is 1.80. The molecule has 0 spiro atoms. The summed E-state index contributed by atoms with van der Waals surface area (Å²) in [6.07, 6.45) is 1.65. The summed E-state index contributed by atoms with van der Waals surface area (Å²) < 4.78 is 0. The van der Waals surface area contributed by atoms with Crippen molar-refractivity contribution in [2.45, 2.75) is 9.79 Å².